The standard InChI is InChI=1S/C12H15NO2/c1-3-12(13,11(14)15-2)9-10-7-5-4-6-8-10/h3-8H,1,9,13H2,2H3. The summed E-state index contributed by atoms with van der Waals surface area (Å²) >= 11 is 0. The van der Waals surface area contributed by atoms with Gasteiger partial charge in [-0.1, -0.05) is 36.4 Å². The minimum atomic E-state index is -1.14. The first-order valence-electron chi connectivity index (χ1n) is 4.67. The maximum atomic E-state index is 11.5. The van der Waals surface area contributed by atoms with Crippen molar-refractivity contribution in [2.75, 3.05) is 7.11 Å². The molecular formula is C12H15NO2. The van der Waals surface area contributed by atoms with Crippen molar-refractivity contribution in [3.05, 3.63) is 48.6 Å². The molecule has 0 fully saturated rings. The van der Waals surface area contributed by atoms with Crippen LogP contribution in [0, 0.1) is 0 Å². The Labute approximate surface area is 89.5 Å². The number of benzene rings is 1. The Balaban J connectivity index is 2.86. The van der Waals surface area contributed by atoms with Gasteiger partial charge in [-0.3, -0.25) is 0 Å². The fourth-order valence-electron chi connectivity index (χ4n) is 1.35. The highest BCUT2D eigenvalue weighted by Crippen LogP contribution is 2.13. The number of ether oxygens (including phenoxy) is 1. The molecule has 15 heavy (non-hydrogen) atoms. The third kappa shape index (κ3) is 2.67. The van der Waals surface area contributed by atoms with E-state index in [0.717, 1.165) is 5.56 Å². The molecule has 1 unspecified atom stereocenters. The molecule has 3 heteroatoms. The van der Waals surface area contributed by atoms with E-state index >= 15 is 0 Å². The van der Waals surface area contributed by atoms with E-state index in [-0.39, 0.29) is 0 Å². The van der Waals surface area contributed by atoms with Crippen LogP contribution in [0.5, 0.6) is 0 Å². The van der Waals surface area contributed by atoms with Gasteiger partial charge in [-0.25, -0.2) is 4.79 Å². The lowest BCUT2D eigenvalue weighted by atomic mass is 9.92. The van der Waals surface area contributed by atoms with E-state index in [4.69, 9.17) is 5.73 Å². The molecule has 0 saturated carbocycles. The predicted octanol–water partition coefficient (Wildman–Crippen LogP) is 1.29. The van der Waals surface area contributed by atoms with E-state index in [2.05, 4.69) is 11.3 Å². The Hall–Kier alpha value is -1.61. The average molecular weight is 205 g/mol. The highest BCUT2D eigenvalue weighted by molar-refractivity contribution is 5.83. The minimum absolute atomic E-state index is 0.393. The molecule has 1 atom stereocenters. The maximum absolute atomic E-state index is 11.5. The molecule has 0 spiro atoms. The molecule has 1 aromatic carbocycles. The molecule has 2 N–H and O–H groups in total. The number of hydrogen-bond acceptors (Lipinski definition) is 3. The topological polar surface area (TPSA) is 52.3 Å². The van der Waals surface area contributed by atoms with Crippen molar-refractivity contribution in [3.8, 4) is 0 Å². The number of hydrogen-bond donors (Lipinski definition) is 1. The fourth-order valence-corrected chi connectivity index (χ4v) is 1.35. The van der Waals surface area contributed by atoms with Gasteiger partial charge in [-0.15, -0.1) is 6.58 Å². The van der Waals surface area contributed by atoms with Crippen LogP contribution in [0.3, 0.4) is 0 Å². The second kappa shape index (κ2) is 4.75. The van der Waals surface area contributed by atoms with Gasteiger partial charge < -0.3 is 10.5 Å². The van der Waals surface area contributed by atoms with Crippen molar-refractivity contribution in [1.29, 1.82) is 0 Å². The van der Waals surface area contributed by atoms with E-state index < -0.39 is 11.5 Å². The van der Waals surface area contributed by atoms with E-state index in [0.29, 0.717) is 6.42 Å². The summed E-state index contributed by atoms with van der Waals surface area (Å²) in [5.74, 6) is -0.471. The maximum Gasteiger partial charge on any atom is 0.330 e. The molecule has 1 rings (SSSR count). The number of methoxy groups -OCH3 is 1. The molecule has 80 valence electrons. The van der Waals surface area contributed by atoms with Gasteiger partial charge >= 0.3 is 5.97 Å². The smallest absolute Gasteiger partial charge is 0.330 e. The molecule has 0 amide bonds. The second-order valence-corrected chi connectivity index (χ2v) is 3.40. The molecule has 0 aromatic heterocycles. The van der Waals surface area contributed by atoms with Gasteiger partial charge in [0.2, 0.25) is 0 Å². The highest BCUT2D eigenvalue weighted by Gasteiger charge is 2.31. The Kier molecular flexibility index (Phi) is 3.63. The predicted molar refractivity (Wildman–Crippen MR) is 59.3 cm³/mol. The van der Waals surface area contributed by atoms with Crippen LogP contribution >= 0.6 is 0 Å². The third-order valence-electron chi connectivity index (χ3n) is 2.27. The van der Waals surface area contributed by atoms with E-state index in [1.165, 1.54) is 13.2 Å². The summed E-state index contributed by atoms with van der Waals surface area (Å²) in [4.78, 5) is 11.5. The van der Waals surface area contributed by atoms with E-state index in [1.54, 1.807) is 0 Å². The second-order valence-electron chi connectivity index (χ2n) is 3.40. The Morgan fingerprint density at radius 2 is 2.13 bits per heavy atom. The number of esters is 1. The Bertz CT molecular complexity index is 348. The molecule has 0 aliphatic rings. The number of rotatable bonds is 4. The van der Waals surface area contributed by atoms with Gasteiger partial charge in [-0.2, -0.15) is 0 Å². The quantitative estimate of drug-likeness (QED) is 0.595. The summed E-state index contributed by atoms with van der Waals surface area (Å²) in [6.07, 6.45) is 1.82. The highest BCUT2D eigenvalue weighted by atomic mass is 16.5. The van der Waals surface area contributed by atoms with Gasteiger partial charge in [0.05, 0.1) is 7.11 Å². The van der Waals surface area contributed by atoms with Gasteiger partial charge in [0.1, 0.15) is 5.54 Å². The summed E-state index contributed by atoms with van der Waals surface area (Å²) in [5.41, 5.74) is 5.73. The monoisotopic (exact) mass is 205 g/mol. The molecule has 0 aliphatic carbocycles. The van der Waals surface area contributed by atoms with Gasteiger partial charge in [0, 0.05) is 6.42 Å². The molecular weight excluding hydrogens is 190 g/mol. The fraction of sp³-hybridized carbons (Fsp3) is 0.250. The van der Waals surface area contributed by atoms with Crippen molar-refractivity contribution < 1.29 is 9.53 Å². The number of carbonyl (C=O) groups excluding carboxylic acids is 1. The van der Waals surface area contributed by atoms with Gasteiger partial charge in [0.15, 0.2) is 0 Å². The molecule has 0 heterocycles. The summed E-state index contributed by atoms with van der Waals surface area (Å²) in [7, 11) is 1.32. The summed E-state index contributed by atoms with van der Waals surface area (Å²) in [5, 5.41) is 0. The van der Waals surface area contributed by atoms with Crippen LogP contribution in [-0.4, -0.2) is 18.6 Å². The first-order valence-corrected chi connectivity index (χ1v) is 4.67. The zero-order chi connectivity index (χ0) is 11.3. The molecule has 1 aromatic rings. The van der Waals surface area contributed by atoms with Crippen molar-refractivity contribution in [3.63, 3.8) is 0 Å². The van der Waals surface area contributed by atoms with Gasteiger partial charge in [-0.05, 0) is 5.56 Å². The zero-order valence-corrected chi connectivity index (χ0v) is 8.77. The first kappa shape index (κ1) is 11.5. The molecule has 0 aliphatic heterocycles. The average Bonchev–Trinajstić information content (AvgIpc) is 2.29. The van der Waals surface area contributed by atoms with Crippen molar-refractivity contribution in [2.24, 2.45) is 5.73 Å². The Morgan fingerprint density at radius 1 is 1.53 bits per heavy atom. The normalized spacial score (nSPS) is 14.0. The molecule has 0 radical (unpaired) electrons. The number of nitrogens with two attached hydrogens (primary N) is 1. The first-order chi connectivity index (χ1) is 7.12. The van der Waals surface area contributed by atoms with E-state index in [9.17, 15) is 4.79 Å². The summed E-state index contributed by atoms with van der Waals surface area (Å²) in [6.45, 7) is 3.57. The lowest BCUT2D eigenvalue weighted by Gasteiger charge is -2.22. The SMILES string of the molecule is C=CC(N)(Cc1ccccc1)C(=O)OC. The lowest BCUT2D eigenvalue weighted by molar-refractivity contribution is -0.145. The van der Waals surface area contributed by atoms with Crippen molar-refractivity contribution in [2.45, 2.75) is 12.0 Å². The van der Waals surface area contributed by atoms with Crippen LogP contribution in [0.15, 0.2) is 43.0 Å². The minimum Gasteiger partial charge on any atom is -0.467 e. The van der Waals surface area contributed by atoms with Crippen LogP contribution in [0.25, 0.3) is 0 Å². The van der Waals surface area contributed by atoms with Gasteiger partial charge in [0.25, 0.3) is 0 Å². The molecule has 3 nitrogen and oxygen atoms in total. The van der Waals surface area contributed by atoms with Crippen molar-refractivity contribution >= 4 is 5.97 Å². The Morgan fingerprint density at radius 3 is 2.60 bits per heavy atom. The van der Waals surface area contributed by atoms with Crippen LogP contribution in [0.4, 0.5) is 0 Å². The van der Waals surface area contributed by atoms with Crippen LogP contribution in [0.1, 0.15) is 5.56 Å². The van der Waals surface area contributed by atoms with Crippen LogP contribution in [0.2, 0.25) is 0 Å². The third-order valence-corrected chi connectivity index (χ3v) is 2.27. The van der Waals surface area contributed by atoms with Crippen molar-refractivity contribution in [1.82, 2.24) is 0 Å². The lowest BCUT2D eigenvalue weighted by Crippen LogP contribution is -2.48. The van der Waals surface area contributed by atoms with Crippen LogP contribution in [-0.2, 0) is 16.0 Å². The van der Waals surface area contributed by atoms with Crippen LogP contribution < -0.4 is 5.73 Å². The van der Waals surface area contributed by atoms with E-state index in [1.807, 2.05) is 30.3 Å². The number of carbonyl (C=O) groups is 1. The molecule has 0 bridgehead atoms. The summed E-state index contributed by atoms with van der Waals surface area (Å²) in [6, 6.07) is 9.53. The molecule has 0 saturated heterocycles. The zero-order valence-electron chi connectivity index (χ0n) is 8.77. The largest absolute Gasteiger partial charge is 0.467 e. The summed E-state index contributed by atoms with van der Waals surface area (Å²) < 4.78 is 4.64.